The summed E-state index contributed by atoms with van der Waals surface area (Å²) in [5.41, 5.74) is 0. The van der Waals surface area contributed by atoms with Crippen molar-refractivity contribution in [2.75, 3.05) is 0 Å². The molecule has 0 fully saturated rings. The highest BCUT2D eigenvalue weighted by atomic mass is 16.6. The number of hydrogen-bond donors (Lipinski definition) is 0. The Morgan fingerprint density at radius 1 is 0.414 bits per heavy atom. The lowest BCUT2D eigenvalue weighted by Crippen LogP contribution is -2.10. The molecule has 0 saturated heterocycles. The second-order valence-electron chi connectivity index (χ2n) is 5.45. The van der Waals surface area contributed by atoms with Crippen LogP contribution >= 0.6 is 0 Å². The van der Waals surface area contributed by atoms with Crippen molar-refractivity contribution in [3.8, 4) is 0 Å². The molecule has 0 aromatic rings. The first kappa shape index (κ1) is 31.1. The van der Waals surface area contributed by atoms with Gasteiger partial charge in [0.1, 0.15) is 0 Å². The van der Waals surface area contributed by atoms with Gasteiger partial charge in [-0.1, -0.05) is 41.5 Å². The van der Waals surface area contributed by atoms with Gasteiger partial charge >= 0.3 is 35.8 Å². The van der Waals surface area contributed by atoms with E-state index in [4.69, 9.17) is 0 Å². The van der Waals surface area contributed by atoms with Crippen molar-refractivity contribution in [1.29, 1.82) is 0 Å². The Balaban J connectivity index is -0.000000352. The lowest BCUT2D eigenvalue weighted by atomic mass is 10.3. The SMILES string of the molecule is CCC(=O)OC(=O)CC.CCC(=O)OC(=O)CC.CCCC(=O)OC(=O)CCC. The van der Waals surface area contributed by atoms with Gasteiger partial charge < -0.3 is 14.2 Å². The summed E-state index contributed by atoms with van der Waals surface area (Å²) in [6, 6.07) is 0. The van der Waals surface area contributed by atoms with E-state index < -0.39 is 35.8 Å². The molecule has 0 unspecified atom stereocenters. The summed E-state index contributed by atoms with van der Waals surface area (Å²) in [7, 11) is 0. The van der Waals surface area contributed by atoms with E-state index in [2.05, 4.69) is 14.2 Å². The molecule has 0 saturated carbocycles. The molecule has 0 spiro atoms. The highest BCUT2D eigenvalue weighted by Crippen LogP contribution is 1.96. The predicted octanol–water partition coefficient (Wildman–Crippen LogP) is 3.41. The highest BCUT2D eigenvalue weighted by Gasteiger charge is 2.07. The molecule has 0 aromatic carbocycles. The normalized spacial score (nSPS) is 8.90. The minimum atomic E-state index is -0.457. The third-order valence-corrected chi connectivity index (χ3v) is 2.75. The summed E-state index contributed by atoms with van der Waals surface area (Å²) in [4.78, 5) is 62.7. The van der Waals surface area contributed by atoms with Crippen molar-refractivity contribution in [2.24, 2.45) is 0 Å². The molecule has 0 N–H and O–H groups in total. The van der Waals surface area contributed by atoms with Gasteiger partial charge in [0.2, 0.25) is 0 Å². The van der Waals surface area contributed by atoms with Crippen LogP contribution in [0.1, 0.15) is 92.9 Å². The fourth-order valence-corrected chi connectivity index (χ4v) is 1.18. The molecule has 0 bridgehead atoms. The lowest BCUT2D eigenvalue weighted by Gasteiger charge is -1.98. The molecule has 29 heavy (non-hydrogen) atoms. The smallest absolute Gasteiger partial charge is 0.313 e. The Labute approximate surface area is 172 Å². The van der Waals surface area contributed by atoms with Crippen LogP contribution in [0.2, 0.25) is 0 Å². The lowest BCUT2D eigenvalue weighted by molar-refractivity contribution is -0.161. The quantitative estimate of drug-likeness (QED) is 0.330. The molecule has 9 nitrogen and oxygen atoms in total. The van der Waals surface area contributed by atoms with Gasteiger partial charge in [-0.3, -0.25) is 28.8 Å². The zero-order valence-corrected chi connectivity index (χ0v) is 18.3. The van der Waals surface area contributed by atoms with E-state index in [0.29, 0.717) is 12.8 Å². The van der Waals surface area contributed by atoms with Crippen molar-refractivity contribution < 1.29 is 43.0 Å². The monoisotopic (exact) mass is 418 g/mol. The van der Waals surface area contributed by atoms with E-state index in [1.54, 1.807) is 27.7 Å². The molecule has 0 heterocycles. The van der Waals surface area contributed by atoms with E-state index in [1.165, 1.54) is 0 Å². The summed E-state index contributed by atoms with van der Waals surface area (Å²) in [5.74, 6) is -2.65. The van der Waals surface area contributed by atoms with Gasteiger partial charge in [0.05, 0.1) is 0 Å². The Bertz CT molecular complexity index is 450. The Hall–Kier alpha value is -2.58. The molecule has 0 aromatic heterocycles. The van der Waals surface area contributed by atoms with Gasteiger partial charge in [-0.15, -0.1) is 0 Å². The van der Waals surface area contributed by atoms with Crippen LogP contribution in [0.3, 0.4) is 0 Å². The number of rotatable bonds is 8. The fraction of sp³-hybridized carbons (Fsp3) is 0.700. The largest absolute Gasteiger partial charge is 0.393 e. The molecule has 168 valence electrons. The molecule has 0 aliphatic heterocycles. The van der Waals surface area contributed by atoms with Crippen LogP contribution in [-0.2, 0) is 43.0 Å². The number of esters is 6. The molecular weight excluding hydrogens is 384 g/mol. The minimum Gasteiger partial charge on any atom is -0.393 e. The summed E-state index contributed by atoms with van der Waals surface area (Å²) in [5, 5.41) is 0. The van der Waals surface area contributed by atoms with Crippen molar-refractivity contribution in [1.82, 2.24) is 0 Å². The average Bonchev–Trinajstić information content (AvgIpc) is 2.68. The van der Waals surface area contributed by atoms with Gasteiger partial charge in [-0.05, 0) is 12.8 Å². The average molecular weight is 418 g/mol. The summed E-state index contributed by atoms with van der Waals surface area (Å²) in [6.07, 6.45) is 3.12. The Morgan fingerprint density at radius 3 is 0.793 bits per heavy atom. The zero-order chi connectivity index (χ0) is 23.2. The van der Waals surface area contributed by atoms with E-state index >= 15 is 0 Å². The number of carbonyl (C=O) groups is 6. The molecule has 0 amide bonds. The first-order valence-electron chi connectivity index (χ1n) is 9.81. The highest BCUT2D eigenvalue weighted by molar-refractivity contribution is 5.86. The van der Waals surface area contributed by atoms with Gasteiger partial charge in [0, 0.05) is 38.5 Å². The Morgan fingerprint density at radius 2 is 0.621 bits per heavy atom. The molecule has 0 atom stereocenters. The predicted molar refractivity (Wildman–Crippen MR) is 104 cm³/mol. The summed E-state index contributed by atoms with van der Waals surface area (Å²) < 4.78 is 13.0. The van der Waals surface area contributed by atoms with Gasteiger partial charge in [0.25, 0.3) is 0 Å². The topological polar surface area (TPSA) is 130 Å². The third-order valence-electron chi connectivity index (χ3n) is 2.75. The van der Waals surface area contributed by atoms with Crippen molar-refractivity contribution in [3.63, 3.8) is 0 Å². The van der Waals surface area contributed by atoms with Gasteiger partial charge in [0.15, 0.2) is 0 Å². The number of hydrogen-bond acceptors (Lipinski definition) is 9. The molecule has 0 aliphatic rings. The maximum atomic E-state index is 10.7. The van der Waals surface area contributed by atoms with Crippen LogP contribution in [0.15, 0.2) is 0 Å². The van der Waals surface area contributed by atoms with Gasteiger partial charge in [-0.25, -0.2) is 0 Å². The van der Waals surface area contributed by atoms with E-state index in [9.17, 15) is 28.8 Å². The van der Waals surface area contributed by atoms with Gasteiger partial charge in [-0.2, -0.15) is 0 Å². The van der Waals surface area contributed by atoms with E-state index in [-0.39, 0.29) is 25.7 Å². The van der Waals surface area contributed by atoms with Crippen molar-refractivity contribution >= 4 is 35.8 Å². The van der Waals surface area contributed by atoms with Crippen LogP contribution < -0.4 is 0 Å². The second-order valence-corrected chi connectivity index (χ2v) is 5.45. The van der Waals surface area contributed by atoms with Crippen molar-refractivity contribution in [3.05, 3.63) is 0 Å². The Kier molecular flexibility index (Phi) is 23.3. The first-order chi connectivity index (χ1) is 13.6. The number of ether oxygens (including phenoxy) is 3. The molecule has 0 radical (unpaired) electrons. The number of carbonyl (C=O) groups excluding carboxylic acids is 6. The maximum absolute atomic E-state index is 10.7. The molecule has 9 heteroatoms. The minimum absolute atomic E-state index is 0.256. The standard InChI is InChI=1S/C8H14O3.2C6H10O3/c1-3-5-7(9)11-8(10)6-4-2;2*1-3-5(7)9-6(8)4-2/h3-6H2,1-2H3;2*3-4H2,1-2H3. The van der Waals surface area contributed by atoms with Crippen LogP contribution in [0, 0.1) is 0 Å². The third kappa shape index (κ3) is 25.4. The van der Waals surface area contributed by atoms with Crippen molar-refractivity contribution in [2.45, 2.75) is 92.9 Å². The second kappa shape index (κ2) is 21.7. The van der Waals surface area contributed by atoms with E-state index in [0.717, 1.165) is 12.8 Å². The van der Waals surface area contributed by atoms with Crippen LogP contribution in [0.25, 0.3) is 0 Å². The first-order valence-corrected chi connectivity index (χ1v) is 9.81. The molecular formula is C20H34O9. The zero-order valence-electron chi connectivity index (χ0n) is 18.3. The van der Waals surface area contributed by atoms with Crippen LogP contribution in [-0.4, -0.2) is 35.8 Å². The summed E-state index contributed by atoms with van der Waals surface area (Å²) in [6.45, 7) is 10.3. The molecule has 0 aliphatic carbocycles. The summed E-state index contributed by atoms with van der Waals surface area (Å²) >= 11 is 0. The fourth-order valence-electron chi connectivity index (χ4n) is 1.18. The maximum Gasteiger partial charge on any atom is 0.313 e. The van der Waals surface area contributed by atoms with Crippen LogP contribution in [0.4, 0.5) is 0 Å². The molecule has 0 rings (SSSR count). The van der Waals surface area contributed by atoms with Crippen LogP contribution in [0.5, 0.6) is 0 Å². The van der Waals surface area contributed by atoms with E-state index in [1.807, 2.05) is 13.8 Å².